The zero-order valence-corrected chi connectivity index (χ0v) is 19.2. The summed E-state index contributed by atoms with van der Waals surface area (Å²) in [5.74, 6) is -0.324. The number of hydrogen-bond acceptors (Lipinski definition) is 4. The van der Waals surface area contributed by atoms with Crippen molar-refractivity contribution < 1.29 is 19.4 Å². The number of carbonyl (C=O) groups is 2. The van der Waals surface area contributed by atoms with E-state index in [1.54, 1.807) is 0 Å². The van der Waals surface area contributed by atoms with Gasteiger partial charge in [-0.25, -0.2) is 14.6 Å². The van der Waals surface area contributed by atoms with E-state index in [0.29, 0.717) is 18.7 Å². The molecule has 0 saturated heterocycles. The first-order valence-electron chi connectivity index (χ1n) is 11.4. The molecule has 0 aliphatic heterocycles. The number of benzene rings is 3. The van der Waals surface area contributed by atoms with Crippen LogP contribution in [0.15, 0.2) is 97.2 Å². The SMILES string of the molecule is O=C(N[C@@H](Cc1cn(Cc2ccccc2)c(Cc2ccccc2)n1)C(=O)O)OCc1ccccc1. The molecule has 3 aromatic carbocycles. The van der Waals surface area contributed by atoms with Crippen molar-refractivity contribution in [3.05, 3.63) is 125 Å². The van der Waals surface area contributed by atoms with Crippen LogP contribution in [-0.2, 0) is 35.5 Å². The van der Waals surface area contributed by atoms with Crippen LogP contribution in [0, 0.1) is 0 Å². The quantitative estimate of drug-likeness (QED) is 0.358. The van der Waals surface area contributed by atoms with E-state index in [1.807, 2.05) is 102 Å². The molecule has 0 spiro atoms. The van der Waals surface area contributed by atoms with Crippen LogP contribution in [0.5, 0.6) is 0 Å². The number of alkyl carbamates (subject to hydrolysis) is 1. The van der Waals surface area contributed by atoms with Crippen LogP contribution in [0.25, 0.3) is 0 Å². The van der Waals surface area contributed by atoms with E-state index in [9.17, 15) is 14.7 Å². The molecule has 178 valence electrons. The topological polar surface area (TPSA) is 93.5 Å². The average molecular weight is 470 g/mol. The largest absolute Gasteiger partial charge is 0.480 e. The Kier molecular flexibility index (Phi) is 7.91. The first-order valence-corrected chi connectivity index (χ1v) is 11.4. The number of aromatic nitrogens is 2. The minimum absolute atomic E-state index is 0.0410. The third kappa shape index (κ3) is 7.04. The molecule has 1 atom stereocenters. The van der Waals surface area contributed by atoms with Crippen LogP contribution in [0.3, 0.4) is 0 Å². The van der Waals surface area contributed by atoms with E-state index in [-0.39, 0.29) is 13.0 Å². The van der Waals surface area contributed by atoms with Gasteiger partial charge in [-0.1, -0.05) is 91.0 Å². The molecule has 1 heterocycles. The number of hydrogen-bond donors (Lipinski definition) is 2. The summed E-state index contributed by atoms with van der Waals surface area (Å²) >= 11 is 0. The highest BCUT2D eigenvalue weighted by Crippen LogP contribution is 2.15. The third-order valence-corrected chi connectivity index (χ3v) is 5.53. The molecule has 0 fully saturated rings. The third-order valence-electron chi connectivity index (χ3n) is 5.53. The Bertz CT molecular complexity index is 1180. The lowest BCUT2D eigenvalue weighted by atomic mass is 10.1. The molecule has 35 heavy (non-hydrogen) atoms. The van der Waals surface area contributed by atoms with Crippen molar-refractivity contribution in [3.8, 4) is 0 Å². The van der Waals surface area contributed by atoms with Crippen LogP contribution in [0.2, 0.25) is 0 Å². The maximum Gasteiger partial charge on any atom is 0.408 e. The molecule has 7 heteroatoms. The van der Waals surface area contributed by atoms with Gasteiger partial charge in [-0.3, -0.25) is 0 Å². The number of carboxylic acids is 1. The fourth-order valence-corrected chi connectivity index (χ4v) is 3.76. The summed E-state index contributed by atoms with van der Waals surface area (Å²) in [5, 5.41) is 12.2. The number of carboxylic acid groups (broad SMARTS) is 1. The normalized spacial score (nSPS) is 11.5. The second-order valence-corrected chi connectivity index (χ2v) is 8.23. The van der Waals surface area contributed by atoms with Crippen molar-refractivity contribution in [3.63, 3.8) is 0 Å². The summed E-state index contributed by atoms with van der Waals surface area (Å²) < 4.78 is 7.23. The standard InChI is InChI=1S/C28H27N3O4/c32-27(33)25(30-28(34)35-20-23-14-8-3-9-15-23)17-24-19-31(18-22-12-6-2-7-13-22)26(29-24)16-21-10-4-1-5-11-21/h1-15,19,25H,16-18,20H2,(H,30,34)(H,32,33)/t25-/m0/s1. The first kappa shape index (κ1) is 23.8. The Hall–Kier alpha value is -4.39. The van der Waals surface area contributed by atoms with E-state index >= 15 is 0 Å². The smallest absolute Gasteiger partial charge is 0.408 e. The summed E-state index contributed by atoms with van der Waals surface area (Å²) in [4.78, 5) is 28.9. The van der Waals surface area contributed by atoms with Gasteiger partial charge in [0, 0.05) is 25.6 Å². The molecule has 1 amide bonds. The lowest BCUT2D eigenvalue weighted by molar-refractivity contribution is -0.139. The number of nitrogens with zero attached hydrogens (tertiary/aromatic N) is 2. The summed E-state index contributed by atoms with van der Waals surface area (Å²) in [6.07, 6.45) is 1.73. The lowest BCUT2D eigenvalue weighted by Crippen LogP contribution is -2.42. The van der Waals surface area contributed by atoms with Crippen molar-refractivity contribution >= 4 is 12.1 Å². The summed E-state index contributed by atoms with van der Waals surface area (Å²) in [7, 11) is 0. The van der Waals surface area contributed by atoms with Crippen molar-refractivity contribution in [1.82, 2.24) is 14.9 Å². The van der Waals surface area contributed by atoms with Crippen LogP contribution in [-0.4, -0.2) is 32.8 Å². The number of aliphatic carboxylic acids is 1. The van der Waals surface area contributed by atoms with Crippen LogP contribution >= 0.6 is 0 Å². The Labute approximate surface area is 204 Å². The highest BCUT2D eigenvalue weighted by atomic mass is 16.5. The van der Waals surface area contributed by atoms with Crippen molar-refractivity contribution in [2.45, 2.75) is 32.0 Å². The Morgan fingerprint density at radius 2 is 1.43 bits per heavy atom. The monoisotopic (exact) mass is 469 g/mol. The van der Waals surface area contributed by atoms with E-state index in [2.05, 4.69) is 5.32 Å². The summed E-state index contributed by atoms with van der Waals surface area (Å²) in [5.41, 5.74) is 3.63. The maximum atomic E-state index is 12.3. The number of ether oxygens (including phenoxy) is 1. The van der Waals surface area contributed by atoms with E-state index < -0.39 is 18.1 Å². The molecule has 2 N–H and O–H groups in total. The minimum atomic E-state index is -1.16. The number of carbonyl (C=O) groups excluding carboxylic acids is 1. The zero-order chi connectivity index (χ0) is 24.5. The predicted octanol–water partition coefficient (Wildman–Crippen LogP) is 4.44. The molecule has 0 saturated carbocycles. The second kappa shape index (κ2) is 11.7. The maximum absolute atomic E-state index is 12.3. The molecule has 1 aromatic heterocycles. The molecular weight excluding hydrogens is 442 g/mol. The van der Waals surface area contributed by atoms with Crippen LogP contribution < -0.4 is 5.32 Å². The fraction of sp³-hybridized carbons (Fsp3) is 0.179. The molecule has 4 rings (SSSR count). The fourth-order valence-electron chi connectivity index (χ4n) is 3.76. The van der Waals surface area contributed by atoms with Crippen LogP contribution in [0.4, 0.5) is 4.79 Å². The minimum Gasteiger partial charge on any atom is -0.480 e. The molecule has 0 aliphatic carbocycles. The van der Waals surface area contributed by atoms with Crippen molar-refractivity contribution in [2.75, 3.05) is 0 Å². The zero-order valence-electron chi connectivity index (χ0n) is 19.2. The average Bonchev–Trinajstić information content (AvgIpc) is 3.24. The Morgan fingerprint density at radius 3 is 2.03 bits per heavy atom. The number of amides is 1. The van der Waals surface area contributed by atoms with E-state index in [0.717, 1.165) is 22.5 Å². The molecular formula is C28H27N3O4. The number of rotatable bonds is 10. The van der Waals surface area contributed by atoms with Gasteiger partial charge in [0.2, 0.25) is 0 Å². The van der Waals surface area contributed by atoms with Gasteiger partial charge in [0.15, 0.2) is 0 Å². The van der Waals surface area contributed by atoms with Crippen molar-refractivity contribution in [1.29, 1.82) is 0 Å². The molecule has 0 radical (unpaired) electrons. The van der Waals surface area contributed by atoms with Crippen molar-refractivity contribution in [2.24, 2.45) is 0 Å². The molecule has 7 nitrogen and oxygen atoms in total. The predicted molar refractivity (Wildman–Crippen MR) is 132 cm³/mol. The van der Waals surface area contributed by atoms with Gasteiger partial charge in [-0.15, -0.1) is 0 Å². The summed E-state index contributed by atoms with van der Waals surface area (Å²) in [6, 6.07) is 28.0. The highest BCUT2D eigenvalue weighted by molar-refractivity contribution is 5.80. The summed E-state index contributed by atoms with van der Waals surface area (Å²) in [6.45, 7) is 0.673. The van der Waals surface area contributed by atoms with Gasteiger partial charge in [0.05, 0.1) is 5.69 Å². The van der Waals surface area contributed by atoms with E-state index in [4.69, 9.17) is 9.72 Å². The van der Waals surface area contributed by atoms with Gasteiger partial charge in [0.25, 0.3) is 0 Å². The number of imidazole rings is 1. The lowest BCUT2D eigenvalue weighted by Gasteiger charge is -2.13. The van der Waals surface area contributed by atoms with Gasteiger partial charge in [-0.05, 0) is 16.7 Å². The number of nitrogens with one attached hydrogen (secondary N) is 1. The molecule has 0 unspecified atom stereocenters. The Morgan fingerprint density at radius 1 is 0.857 bits per heavy atom. The highest BCUT2D eigenvalue weighted by Gasteiger charge is 2.23. The molecule has 0 aliphatic rings. The van der Waals surface area contributed by atoms with Gasteiger partial charge >= 0.3 is 12.1 Å². The first-order chi connectivity index (χ1) is 17.1. The van der Waals surface area contributed by atoms with Gasteiger partial charge in [0.1, 0.15) is 18.5 Å². The molecule has 0 bridgehead atoms. The Balaban J connectivity index is 1.47. The molecule has 4 aromatic rings. The van der Waals surface area contributed by atoms with E-state index in [1.165, 1.54) is 0 Å². The van der Waals surface area contributed by atoms with Gasteiger partial charge in [-0.2, -0.15) is 0 Å². The van der Waals surface area contributed by atoms with Gasteiger partial charge < -0.3 is 19.7 Å². The van der Waals surface area contributed by atoms with Crippen LogP contribution in [0.1, 0.15) is 28.2 Å². The second-order valence-electron chi connectivity index (χ2n) is 8.23.